The second kappa shape index (κ2) is 4.45. The summed E-state index contributed by atoms with van der Waals surface area (Å²) < 4.78 is 4.97. The molecule has 0 saturated heterocycles. The van der Waals surface area contributed by atoms with Crippen LogP contribution in [0.3, 0.4) is 0 Å². The molecule has 3 N–H and O–H groups in total. The number of aromatic nitrogens is 4. The smallest absolute Gasteiger partial charge is 0.223 e. The monoisotopic (exact) mass is 225 g/mol. The van der Waals surface area contributed by atoms with Crippen LogP contribution in [-0.2, 0) is 4.74 Å². The molecule has 15 heavy (non-hydrogen) atoms. The van der Waals surface area contributed by atoms with E-state index in [-0.39, 0.29) is 5.95 Å². The molecule has 2 rings (SSSR count). The molecule has 0 aliphatic heterocycles. The van der Waals surface area contributed by atoms with Gasteiger partial charge in [0.1, 0.15) is 10.5 Å². The fourth-order valence-electron chi connectivity index (χ4n) is 1.15. The van der Waals surface area contributed by atoms with E-state index in [1.807, 2.05) is 0 Å². The summed E-state index contributed by atoms with van der Waals surface area (Å²) in [6.45, 7) is 0.671. The van der Waals surface area contributed by atoms with Crippen molar-refractivity contribution in [3.63, 3.8) is 0 Å². The van der Waals surface area contributed by atoms with Crippen molar-refractivity contribution >= 4 is 28.9 Å². The molecule has 0 spiro atoms. The number of nitrogen functional groups attached to an aromatic ring is 1. The van der Waals surface area contributed by atoms with Crippen molar-refractivity contribution < 1.29 is 4.74 Å². The van der Waals surface area contributed by atoms with Crippen molar-refractivity contribution in [2.45, 2.75) is 5.03 Å². The Labute approximate surface area is 90.7 Å². The highest BCUT2D eigenvalue weighted by Gasteiger charge is 2.08. The molecule has 0 amide bonds. The number of nitrogens with two attached hydrogens (primary N) is 1. The molecule has 0 atom stereocenters. The number of ether oxygens (including phenoxy) is 1. The topological polar surface area (TPSA) is 89.7 Å². The molecular formula is C8H11N5OS. The molecule has 2 heterocycles. The van der Waals surface area contributed by atoms with Crippen LogP contribution in [0.1, 0.15) is 0 Å². The molecule has 6 nitrogen and oxygen atoms in total. The normalized spacial score (nSPS) is 11.0. The summed E-state index contributed by atoms with van der Waals surface area (Å²) in [5.41, 5.74) is 6.99. The zero-order valence-electron chi connectivity index (χ0n) is 8.23. The summed E-state index contributed by atoms with van der Waals surface area (Å²) in [4.78, 5) is 15.2. The third kappa shape index (κ3) is 2.18. The van der Waals surface area contributed by atoms with E-state index in [1.165, 1.54) is 0 Å². The quantitative estimate of drug-likeness (QED) is 0.451. The summed E-state index contributed by atoms with van der Waals surface area (Å²) in [7, 11) is 1.67. The first kappa shape index (κ1) is 10.2. The molecule has 0 unspecified atom stereocenters. The average molecular weight is 225 g/mol. The van der Waals surface area contributed by atoms with E-state index in [9.17, 15) is 0 Å². The highest BCUT2D eigenvalue weighted by atomic mass is 32.2. The van der Waals surface area contributed by atoms with Crippen molar-refractivity contribution in [3.8, 4) is 0 Å². The molecule has 7 heteroatoms. The molecule has 2 aromatic heterocycles. The van der Waals surface area contributed by atoms with E-state index in [0.717, 1.165) is 16.3 Å². The van der Waals surface area contributed by atoms with E-state index in [2.05, 4.69) is 19.9 Å². The highest BCUT2D eigenvalue weighted by molar-refractivity contribution is 7.99. The third-order valence-electron chi connectivity index (χ3n) is 1.80. The van der Waals surface area contributed by atoms with Crippen LogP contribution in [0.5, 0.6) is 0 Å². The zero-order valence-corrected chi connectivity index (χ0v) is 9.04. The van der Waals surface area contributed by atoms with Gasteiger partial charge >= 0.3 is 0 Å². The van der Waals surface area contributed by atoms with Crippen LogP contribution >= 0.6 is 11.8 Å². The first-order valence-electron chi connectivity index (χ1n) is 4.39. The van der Waals surface area contributed by atoms with Gasteiger partial charge in [0.05, 0.1) is 12.9 Å². The number of nitrogens with one attached hydrogen (secondary N) is 1. The number of hydrogen-bond donors (Lipinski definition) is 2. The van der Waals surface area contributed by atoms with Crippen molar-refractivity contribution in [3.05, 3.63) is 6.33 Å². The minimum atomic E-state index is 0.245. The van der Waals surface area contributed by atoms with Gasteiger partial charge in [-0.1, -0.05) is 0 Å². The van der Waals surface area contributed by atoms with Crippen LogP contribution < -0.4 is 5.73 Å². The molecular weight excluding hydrogens is 214 g/mol. The summed E-state index contributed by atoms with van der Waals surface area (Å²) in [5.74, 6) is 1.07. The van der Waals surface area contributed by atoms with Crippen LogP contribution in [0.15, 0.2) is 11.4 Å². The maximum absolute atomic E-state index is 5.57. The summed E-state index contributed by atoms with van der Waals surface area (Å²) >= 11 is 1.57. The molecule has 2 aromatic rings. The number of fused-ring (bicyclic) bond motifs is 1. The first-order chi connectivity index (χ1) is 7.31. The largest absolute Gasteiger partial charge is 0.384 e. The fraction of sp³-hybridized carbons (Fsp3) is 0.375. The third-order valence-corrected chi connectivity index (χ3v) is 2.74. The Morgan fingerprint density at radius 3 is 3.20 bits per heavy atom. The first-order valence-corrected chi connectivity index (χ1v) is 5.38. The highest BCUT2D eigenvalue weighted by Crippen LogP contribution is 2.23. The Bertz CT molecular complexity index is 457. The number of H-pyrrole nitrogens is 1. The number of rotatable bonds is 4. The van der Waals surface area contributed by atoms with Crippen LogP contribution in [0.4, 0.5) is 5.95 Å². The van der Waals surface area contributed by atoms with Gasteiger partial charge in [0.2, 0.25) is 5.95 Å². The summed E-state index contributed by atoms with van der Waals surface area (Å²) in [6.07, 6.45) is 1.58. The summed E-state index contributed by atoms with van der Waals surface area (Å²) in [5, 5.41) is 0.812. The molecule has 0 fully saturated rings. The number of anilines is 1. The number of aromatic amines is 1. The Morgan fingerprint density at radius 1 is 1.53 bits per heavy atom. The van der Waals surface area contributed by atoms with Crippen molar-refractivity contribution in [2.24, 2.45) is 0 Å². The van der Waals surface area contributed by atoms with Crippen LogP contribution in [0.25, 0.3) is 11.2 Å². The SMILES string of the molecule is COCCSc1nc(N)nc2nc[nH]c12. The molecule has 0 bridgehead atoms. The van der Waals surface area contributed by atoms with Crippen molar-refractivity contribution in [1.29, 1.82) is 0 Å². The molecule has 0 aliphatic carbocycles. The maximum atomic E-state index is 5.57. The summed E-state index contributed by atoms with van der Waals surface area (Å²) in [6, 6.07) is 0. The molecule has 0 saturated carbocycles. The molecule has 0 radical (unpaired) electrons. The fourth-order valence-corrected chi connectivity index (χ4v) is 2.04. The zero-order chi connectivity index (χ0) is 10.7. The van der Waals surface area contributed by atoms with Gasteiger partial charge in [-0.25, -0.2) is 9.97 Å². The van der Waals surface area contributed by atoms with Crippen LogP contribution in [0, 0.1) is 0 Å². The Balaban J connectivity index is 2.27. The van der Waals surface area contributed by atoms with E-state index in [1.54, 1.807) is 25.2 Å². The van der Waals surface area contributed by atoms with Gasteiger partial charge in [-0.2, -0.15) is 4.98 Å². The molecule has 0 aliphatic rings. The standard InChI is InChI=1S/C8H11N5OS/c1-14-2-3-15-7-5-6(11-4-10-5)12-8(9)13-7/h4H,2-3H2,1H3,(H3,9,10,11,12,13). The van der Waals surface area contributed by atoms with Crippen LogP contribution in [0.2, 0.25) is 0 Å². The predicted octanol–water partition coefficient (Wildman–Crippen LogP) is 0.674. The minimum absolute atomic E-state index is 0.245. The second-order valence-electron chi connectivity index (χ2n) is 2.83. The van der Waals surface area contributed by atoms with E-state index >= 15 is 0 Å². The predicted molar refractivity (Wildman–Crippen MR) is 58.7 cm³/mol. The van der Waals surface area contributed by atoms with Crippen LogP contribution in [-0.4, -0.2) is 39.4 Å². The van der Waals surface area contributed by atoms with Gasteiger partial charge in [-0.15, -0.1) is 11.8 Å². The minimum Gasteiger partial charge on any atom is -0.384 e. The van der Waals surface area contributed by atoms with Gasteiger partial charge in [-0.3, -0.25) is 0 Å². The van der Waals surface area contributed by atoms with Gasteiger partial charge in [-0.05, 0) is 0 Å². The Morgan fingerprint density at radius 2 is 2.40 bits per heavy atom. The lowest BCUT2D eigenvalue weighted by Gasteiger charge is -2.01. The van der Waals surface area contributed by atoms with E-state index < -0.39 is 0 Å². The van der Waals surface area contributed by atoms with Gasteiger partial charge < -0.3 is 15.5 Å². The average Bonchev–Trinajstić information content (AvgIpc) is 2.65. The van der Waals surface area contributed by atoms with Gasteiger partial charge in [0, 0.05) is 12.9 Å². The Hall–Kier alpha value is -1.34. The van der Waals surface area contributed by atoms with Crippen molar-refractivity contribution in [1.82, 2.24) is 19.9 Å². The van der Waals surface area contributed by atoms with E-state index in [4.69, 9.17) is 10.5 Å². The molecule has 0 aromatic carbocycles. The second-order valence-corrected chi connectivity index (χ2v) is 3.91. The number of methoxy groups -OCH3 is 1. The number of hydrogen-bond acceptors (Lipinski definition) is 6. The van der Waals surface area contributed by atoms with E-state index in [0.29, 0.717) is 12.3 Å². The van der Waals surface area contributed by atoms with Crippen molar-refractivity contribution in [2.75, 3.05) is 25.2 Å². The lowest BCUT2D eigenvalue weighted by Crippen LogP contribution is -1.98. The number of nitrogens with zero attached hydrogens (tertiary/aromatic N) is 3. The van der Waals surface area contributed by atoms with Gasteiger partial charge in [0.15, 0.2) is 5.65 Å². The number of thioether (sulfide) groups is 1. The lowest BCUT2D eigenvalue weighted by molar-refractivity contribution is 0.218. The lowest BCUT2D eigenvalue weighted by atomic mass is 10.5. The van der Waals surface area contributed by atoms with Gasteiger partial charge in [0.25, 0.3) is 0 Å². The molecule has 80 valence electrons. The Kier molecular flexibility index (Phi) is 3.02. The maximum Gasteiger partial charge on any atom is 0.223 e. The number of imidazole rings is 1.